The second-order valence-electron chi connectivity index (χ2n) is 5.48. The molecule has 0 aromatic rings. The minimum Gasteiger partial charge on any atom is -0.481 e. The third-order valence-electron chi connectivity index (χ3n) is 3.40. The standard InChI is InChI=1S/C12H23NO4/c1-8(11(15)16)9(2)13-5-10(6-14)17-12(3,4)7-13/h8-10,14H,5-7H2,1-4H3,(H,15,16). The van der Waals surface area contributed by atoms with Gasteiger partial charge in [-0.3, -0.25) is 9.69 Å². The molecule has 0 aromatic heterocycles. The molecule has 17 heavy (non-hydrogen) atoms. The predicted molar refractivity (Wildman–Crippen MR) is 63.9 cm³/mol. The van der Waals surface area contributed by atoms with E-state index in [1.807, 2.05) is 20.8 Å². The number of hydrogen-bond acceptors (Lipinski definition) is 4. The molecule has 1 rings (SSSR count). The average molecular weight is 245 g/mol. The molecule has 5 heteroatoms. The maximum atomic E-state index is 11.0. The van der Waals surface area contributed by atoms with Gasteiger partial charge in [-0.05, 0) is 20.8 Å². The van der Waals surface area contributed by atoms with E-state index in [4.69, 9.17) is 9.84 Å². The van der Waals surface area contributed by atoms with Crippen LogP contribution < -0.4 is 0 Å². The number of aliphatic hydroxyl groups is 1. The molecule has 2 N–H and O–H groups in total. The molecule has 0 aromatic carbocycles. The van der Waals surface area contributed by atoms with E-state index in [9.17, 15) is 9.90 Å². The van der Waals surface area contributed by atoms with E-state index in [2.05, 4.69) is 4.90 Å². The van der Waals surface area contributed by atoms with Crippen LogP contribution in [0, 0.1) is 5.92 Å². The molecule has 0 bridgehead atoms. The van der Waals surface area contributed by atoms with Gasteiger partial charge in [0, 0.05) is 19.1 Å². The first kappa shape index (κ1) is 14.4. The summed E-state index contributed by atoms with van der Waals surface area (Å²) < 4.78 is 5.70. The monoisotopic (exact) mass is 245 g/mol. The molecule has 1 aliphatic rings. The van der Waals surface area contributed by atoms with E-state index in [-0.39, 0.29) is 24.4 Å². The van der Waals surface area contributed by atoms with E-state index in [0.717, 1.165) is 0 Å². The molecule has 1 aliphatic heterocycles. The summed E-state index contributed by atoms with van der Waals surface area (Å²) in [7, 11) is 0. The lowest BCUT2D eigenvalue weighted by molar-refractivity contribution is -0.164. The highest BCUT2D eigenvalue weighted by atomic mass is 16.5. The van der Waals surface area contributed by atoms with Gasteiger partial charge in [0.1, 0.15) is 0 Å². The summed E-state index contributed by atoms with van der Waals surface area (Å²) in [5.41, 5.74) is -0.349. The van der Waals surface area contributed by atoms with Gasteiger partial charge in [0.25, 0.3) is 0 Å². The summed E-state index contributed by atoms with van der Waals surface area (Å²) in [4.78, 5) is 13.1. The molecular formula is C12H23NO4. The molecule has 0 radical (unpaired) electrons. The zero-order valence-electron chi connectivity index (χ0n) is 11.0. The summed E-state index contributed by atoms with van der Waals surface area (Å²) in [6.45, 7) is 8.77. The second kappa shape index (κ2) is 5.33. The van der Waals surface area contributed by atoms with E-state index >= 15 is 0 Å². The third kappa shape index (κ3) is 3.66. The first-order chi connectivity index (χ1) is 7.76. The number of carboxylic acid groups (broad SMARTS) is 1. The van der Waals surface area contributed by atoms with Crippen LogP contribution in [0.4, 0.5) is 0 Å². The van der Waals surface area contributed by atoms with Crippen LogP contribution in [0.2, 0.25) is 0 Å². The average Bonchev–Trinajstić information content (AvgIpc) is 2.24. The Balaban J connectivity index is 2.72. The van der Waals surface area contributed by atoms with Crippen molar-refractivity contribution in [3.05, 3.63) is 0 Å². The number of nitrogens with zero attached hydrogens (tertiary/aromatic N) is 1. The first-order valence-electron chi connectivity index (χ1n) is 6.02. The summed E-state index contributed by atoms with van der Waals surface area (Å²) in [5, 5.41) is 18.2. The fourth-order valence-electron chi connectivity index (χ4n) is 2.27. The van der Waals surface area contributed by atoms with Crippen molar-refractivity contribution in [3.8, 4) is 0 Å². The van der Waals surface area contributed by atoms with E-state index < -0.39 is 11.9 Å². The lowest BCUT2D eigenvalue weighted by Crippen LogP contribution is -2.57. The van der Waals surface area contributed by atoms with Crippen LogP contribution in [-0.4, -0.2) is 58.5 Å². The number of rotatable bonds is 4. The first-order valence-corrected chi connectivity index (χ1v) is 6.02. The largest absolute Gasteiger partial charge is 0.481 e. The zero-order valence-corrected chi connectivity index (χ0v) is 11.0. The van der Waals surface area contributed by atoms with Crippen molar-refractivity contribution in [1.82, 2.24) is 4.90 Å². The topological polar surface area (TPSA) is 70.0 Å². The van der Waals surface area contributed by atoms with Gasteiger partial charge in [0.15, 0.2) is 0 Å². The van der Waals surface area contributed by atoms with Crippen LogP contribution in [0.5, 0.6) is 0 Å². The Hall–Kier alpha value is -0.650. The molecule has 100 valence electrons. The Labute approximate surface area is 102 Å². The third-order valence-corrected chi connectivity index (χ3v) is 3.40. The number of ether oxygens (including phenoxy) is 1. The minimum absolute atomic E-state index is 0.0336. The predicted octanol–water partition coefficient (Wildman–Crippen LogP) is 0.567. The van der Waals surface area contributed by atoms with E-state index in [1.54, 1.807) is 6.92 Å². The van der Waals surface area contributed by atoms with Crippen molar-refractivity contribution in [2.75, 3.05) is 19.7 Å². The molecule has 0 saturated carbocycles. The highest BCUT2D eigenvalue weighted by Gasteiger charge is 2.37. The fourth-order valence-corrected chi connectivity index (χ4v) is 2.27. The van der Waals surface area contributed by atoms with Gasteiger partial charge < -0.3 is 14.9 Å². The van der Waals surface area contributed by atoms with Crippen molar-refractivity contribution >= 4 is 5.97 Å². The van der Waals surface area contributed by atoms with Crippen LogP contribution in [0.25, 0.3) is 0 Å². The Bertz CT molecular complexity index is 280. The zero-order chi connectivity index (χ0) is 13.2. The quantitative estimate of drug-likeness (QED) is 0.757. The minimum atomic E-state index is -0.789. The van der Waals surface area contributed by atoms with Gasteiger partial charge in [-0.1, -0.05) is 6.92 Å². The summed E-state index contributed by atoms with van der Waals surface area (Å²) >= 11 is 0. The lowest BCUT2D eigenvalue weighted by atomic mass is 9.97. The Morgan fingerprint density at radius 1 is 1.53 bits per heavy atom. The van der Waals surface area contributed by atoms with Crippen LogP contribution in [-0.2, 0) is 9.53 Å². The molecule has 5 nitrogen and oxygen atoms in total. The highest BCUT2D eigenvalue weighted by Crippen LogP contribution is 2.24. The fraction of sp³-hybridized carbons (Fsp3) is 0.917. The Kier molecular flexibility index (Phi) is 4.52. The molecule has 3 unspecified atom stereocenters. The van der Waals surface area contributed by atoms with Crippen molar-refractivity contribution < 1.29 is 19.7 Å². The summed E-state index contributed by atoms with van der Waals surface area (Å²) in [6.07, 6.45) is -0.234. The van der Waals surface area contributed by atoms with Crippen LogP contribution in [0.1, 0.15) is 27.7 Å². The smallest absolute Gasteiger partial charge is 0.307 e. The van der Waals surface area contributed by atoms with Gasteiger partial charge >= 0.3 is 5.97 Å². The number of aliphatic hydroxyl groups excluding tert-OH is 1. The molecular weight excluding hydrogens is 222 g/mol. The normalized spacial score (nSPS) is 28.6. The van der Waals surface area contributed by atoms with Crippen LogP contribution in [0.3, 0.4) is 0 Å². The van der Waals surface area contributed by atoms with Crippen molar-refractivity contribution in [3.63, 3.8) is 0 Å². The van der Waals surface area contributed by atoms with Gasteiger partial charge in [0.05, 0.1) is 24.2 Å². The Morgan fingerprint density at radius 2 is 2.12 bits per heavy atom. The number of aliphatic carboxylic acids is 1. The molecule has 0 aliphatic carbocycles. The van der Waals surface area contributed by atoms with E-state index in [0.29, 0.717) is 13.1 Å². The number of carboxylic acids is 1. The van der Waals surface area contributed by atoms with Gasteiger partial charge in [-0.2, -0.15) is 0 Å². The van der Waals surface area contributed by atoms with Crippen molar-refractivity contribution in [2.24, 2.45) is 5.92 Å². The molecule has 0 spiro atoms. The number of carbonyl (C=O) groups is 1. The van der Waals surface area contributed by atoms with E-state index in [1.165, 1.54) is 0 Å². The summed E-state index contributed by atoms with van der Waals surface area (Å²) in [6, 6.07) is -0.0651. The lowest BCUT2D eigenvalue weighted by Gasteiger charge is -2.45. The highest BCUT2D eigenvalue weighted by molar-refractivity contribution is 5.70. The van der Waals surface area contributed by atoms with Crippen molar-refractivity contribution in [2.45, 2.75) is 45.4 Å². The SMILES string of the molecule is CC(C(=O)O)C(C)N1CC(CO)OC(C)(C)C1. The van der Waals surface area contributed by atoms with Crippen molar-refractivity contribution in [1.29, 1.82) is 0 Å². The van der Waals surface area contributed by atoms with Gasteiger partial charge in [-0.15, -0.1) is 0 Å². The number of morpholine rings is 1. The number of hydrogen-bond donors (Lipinski definition) is 2. The van der Waals surface area contributed by atoms with Gasteiger partial charge in [-0.25, -0.2) is 0 Å². The van der Waals surface area contributed by atoms with Crippen LogP contribution in [0.15, 0.2) is 0 Å². The molecule has 1 fully saturated rings. The molecule has 0 amide bonds. The molecule has 1 heterocycles. The maximum Gasteiger partial charge on any atom is 0.307 e. The second-order valence-corrected chi connectivity index (χ2v) is 5.48. The Morgan fingerprint density at radius 3 is 2.59 bits per heavy atom. The summed E-state index contributed by atoms with van der Waals surface area (Å²) in [5.74, 6) is -1.22. The maximum absolute atomic E-state index is 11.0. The molecule has 1 saturated heterocycles. The van der Waals surface area contributed by atoms with Crippen LogP contribution >= 0.6 is 0 Å². The molecule has 3 atom stereocenters. The van der Waals surface area contributed by atoms with Gasteiger partial charge in [0.2, 0.25) is 0 Å².